The molecule has 1 atom stereocenters. The first-order valence-corrected chi connectivity index (χ1v) is 14.5. The van der Waals surface area contributed by atoms with Crippen LogP contribution in [0.2, 0.25) is 0 Å². The van der Waals surface area contributed by atoms with E-state index in [1.54, 1.807) is 4.90 Å². The monoisotopic (exact) mass is 546 g/mol. The Hall–Kier alpha value is -1.73. The standard InChI is InChI=1S/C25H37F3N4O4S/c1-29-11-8-21(9-12-29)30-13-15-31(16-14-30)24(33)19-36-18-22-6-2-3-10-32(22)37(34,35)23-7-4-5-20(17-23)25(26,27)28/h4-5,7,17,21-22H,2-3,6,8-16,18-19H2,1H3. The highest BCUT2D eigenvalue weighted by atomic mass is 32.2. The molecule has 3 heterocycles. The lowest BCUT2D eigenvalue weighted by molar-refractivity contribution is -0.139. The number of alkyl halides is 3. The van der Waals surface area contributed by atoms with E-state index < -0.39 is 27.8 Å². The molecular formula is C25H37F3N4O4S. The van der Waals surface area contributed by atoms with Crippen molar-refractivity contribution in [2.45, 2.75) is 55.3 Å². The minimum Gasteiger partial charge on any atom is -0.370 e. The van der Waals surface area contributed by atoms with Gasteiger partial charge in [-0.15, -0.1) is 0 Å². The summed E-state index contributed by atoms with van der Waals surface area (Å²) in [6.45, 7) is 5.26. The van der Waals surface area contributed by atoms with E-state index in [1.165, 1.54) is 10.4 Å². The Kier molecular flexibility index (Phi) is 9.16. The molecule has 4 rings (SSSR count). The van der Waals surface area contributed by atoms with E-state index in [4.69, 9.17) is 4.74 Å². The van der Waals surface area contributed by atoms with E-state index in [0.717, 1.165) is 57.6 Å². The van der Waals surface area contributed by atoms with Crippen LogP contribution in [0.5, 0.6) is 0 Å². The molecule has 0 aromatic heterocycles. The van der Waals surface area contributed by atoms with Crippen LogP contribution in [0.15, 0.2) is 29.2 Å². The number of rotatable bonds is 7. The van der Waals surface area contributed by atoms with Gasteiger partial charge in [0.2, 0.25) is 15.9 Å². The molecule has 0 aliphatic carbocycles. The third-order valence-electron chi connectivity index (χ3n) is 7.75. The van der Waals surface area contributed by atoms with Crippen LogP contribution in [0.4, 0.5) is 13.2 Å². The lowest BCUT2D eigenvalue weighted by Gasteiger charge is -2.42. The fourth-order valence-electron chi connectivity index (χ4n) is 5.50. The van der Waals surface area contributed by atoms with Crippen molar-refractivity contribution in [3.8, 4) is 0 Å². The number of carbonyl (C=O) groups excluding carboxylic acids is 1. The summed E-state index contributed by atoms with van der Waals surface area (Å²) in [5.74, 6) is -0.119. The molecule has 0 saturated carbocycles. The molecule has 0 radical (unpaired) electrons. The number of hydrogen-bond donors (Lipinski definition) is 0. The zero-order chi connectivity index (χ0) is 26.6. The number of benzene rings is 1. The molecule has 208 valence electrons. The summed E-state index contributed by atoms with van der Waals surface area (Å²) in [5.41, 5.74) is -1.00. The highest BCUT2D eigenvalue weighted by Crippen LogP contribution is 2.32. The minimum absolute atomic E-state index is 0.0273. The molecule has 3 fully saturated rings. The highest BCUT2D eigenvalue weighted by molar-refractivity contribution is 7.89. The highest BCUT2D eigenvalue weighted by Gasteiger charge is 2.37. The van der Waals surface area contributed by atoms with Gasteiger partial charge in [0.1, 0.15) is 6.61 Å². The first kappa shape index (κ1) is 28.3. The van der Waals surface area contributed by atoms with Gasteiger partial charge in [-0.3, -0.25) is 9.69 Å². The Morgan fingerprint density at radius 1 is 1.00 bits per heavy atom. The van der Waals surface area contributed by atoms with Crippen molar-refractivity contribution in [2.24, 2.45) is 0 Å². The van der Waals surface area contributed by atoms with Crippen molar-refractivity contribution in [1.29, 1.82) is 0 Å². The van der Waals surface area contributed by atoms with Crippen LogP contribution in [0.3, 0.4) is 0 Å². The van der Waals surface area contributed by atoms with Crippen molar-refractivity contribution in [3.05, 3.63) is 29.8 Å². The number of hydrogen-bond acceptors (Lipinski definition) is 6. The largest absolute Gasteiger partial charge is 0.416 e. The molecule has 1 amide bonds. The maximum absolute atomic E-state index is 13.2. The summed E-state index contributed by atoms with van der Waals surface area (Å²) in [4.78, 5) is 19.0. The van der Waals surface area contributed by atoms with E-state index in [1.807, 2.05) is 0 Å². The second kappa shape index (κ2) is 12.0. The van der Waals surface area contributed by atoms with Gasteiger partial charge in [-0.1, -0.05) is 12.5 Å². The first-order valence-electron chi connectivity index (χ1n) is 13.0. The molecule has 3 saturated heterocycles. The number of halogens is 3. The Balaban J connectivity index is 1.28. The van der Waals surface area contributed by atoms with Gasteiger partial charge in [0, 0.05) is 44.8 Å². The quantitative estimate of drug-likeness (QED) is 0.524. The molecule has 1 aromatic rings. The smallest absolute Gasteiger partial charge is 0.370 e. The molecule has 1 aromatic carbocycles. The Bertz CT molecular complexity index is 1020. The van der Waals surface area contributed by atoms with Gasteiger partial charge in [-0.05, 0) is 64.0 Å². The Morgan fingerprint density at radius 3 is 2.38 bits per heavy atom. The average molecular weight is 547 g/mol. The number of likely N-dealkylation sites (tertiary alicyclic amines) is 1. The third-order valence-corrected chi connectivity index (χ3v) is 9.70. The normalized spacial score (nSPS) is 23.9. The molecular weight excluding hydrogens is 509 g/mol. The molecule has 37 heavy (non-hydrogen) atoms. The van der Waals surface area contributed by atoms with Crippen LogP contribution < -0.4 is 0 Å². The molecule has 8 nitrogen and oxygen atoms in total. The van der Waals surface area contributed by atoms with Crippen molar-refractivity contribution in [3.63, 3.8) is 0 Å². The van der Waals surface area contributed by atoms with Crippen LogP contribution in [0, 0.1) is 0 Å². The number of nitrogens with zero attached hydrogens (tertiary/aromatic N) is 4. The Morgan fingerprint density at radius 2 is 1.70 bits per heavy atom. The van der Waals surface area contributed by atoms with Crippen LogP contribution >= 0.6 is 0 Å². The summed E-state index contributed by atoms with van der Waals surface area (Å²) in [6.07, 6.45) is -0.398. The zero-order valence-electron chi connectivity index (χ0n) is 21.3. The van der Waals surface area contributed by atoms with E-state index in [-0.39, 0.29) is 30.6 Å². The van der Waals surface area contributed by atoms with Crippen molar-refractivity contribution in [2.75, 3.05) is 66.1 Å². The van der Waals surface area contributed by atoms with Gasteiger partial charge >= 0.3 is 6.18 Å². The summed E-state index contributed by atoms with van der Waals surface area (Å²) in [7, 11) is -2.00. The van der Waals surface area contributed by atoms with Gasteiger partial charge in [0.05, 0.1) is 17.1 Å². The fraction of sp³-hybridized carbons (Fsp3) is 0.720. The third kappa shape index (κ3) is 7.03. The summed E-state index contributed by atoms with van der Waals surface area (Å²) in [6, 6.07) is 3.87. The minimum atomic E-state index is -4.63. The molecule has 1 unspecified atom stereocenters. The lowest BCUT2D eigenvalue weighted by atomic mass is 10.0. The van der Waals surface area contributed by atoms with E-state index in [9.17, 15) is 26.4 Å². The second-order valence-corrected chi connectivity index (χ2v) is 12.1. The van der Waals surface area contributed by atoms with E-state index in [0.29, 0.717) is 38.0 Å². The number of amides is 1. The summed E-state index contributed by atoms with van der Waals surface area (Å²) < 4.78 is 72.8. The number of piperidine rings is 2. The SMILES string of the molecule is CN1CCC(N2CCN(C(=O)COCC3CCCCN3S(=O)(=O)c3cccc(C(F)(F)F)c3)CC2)CC1. The van der Waals surface area contributed by atoms with Crippen LogP contribution in [0.25, 0.3) is 0 Å². The molecule has 0 spiro atoms. The van der Waals surface area contributed by atoms with Crippen molar-refractivity contribution < 1.29 is 31.1 Å². The maximum Gasteiger partial charge on any atom is 0.416 e. The van der Waals surface area contributed by atoms with Gasteiger partial charge in [-0.25, -0.2) is 8.42 Å². The van der Waals surface area contributed by atoms with Gasteiger partial charge in [-0.2, -0.15) is 17.5 Å². The Labute approximate surface area is 217 Å². The number of carbonyl (C=O) groups is 1. The molecule has 3 aliphatic heterocycles. The summed E-state index contributed by atoms with van der Waals surface area (Å²) in [5, 5.41) is 0. The second-order valence-electron chi connectivity index (χ2n) is 10.3. The van der Waals surface area contributed by atoms with Gasteiger partial charge in [0.25, 0.3) is 0 Å². The number of sulfonamides is 1. The van der Waals surface area contributed by atoms with Gasteiger partial charge in [0.15, 0.2) is 0 Å². The fourth-order valence-corrected chi connectivity index (χ4v) is 7.22. The predicted molar refractivity (Wildman–Crippen MR) is 132 cm³/mol. The van der Waals surface area contributed by atoms with Gasteiger partial charge < -0.3 is 14.5 Å². The van der Waals surface area contributed by atoms with Crippen LogP contribution in [-0.2, 0) is 25.7 Å². The summed E-state index contributed by atoms with van der Waals surface area (Å²) >= 11 is 0. The van der Waals surface area contributed by atoms with Crippen molar-refractivity contribution in [1.82, 2.24) is 19.0 Å². The van der Waals surface area contributed by atoms with E-state index >= 15 is 0 Å². The lowest BCUT2D eigenvalue weighted by Crippen LogP contribution is -2.54. The molecule has 0 N–H and O–H groups in total. The number of piperazine rings is 1. The predicted octanol–water partition coefficient (Wildman–Crippen LogP) is 2.50. The molecule has 3 aliphatic rings. The van der Waals surface area contributed by atoms with Crippen molar-refractivity contribution >= 4 is 15.9 Å². The maximum atomic E-state index is 13.2. The average Bonchev–Trinajstić information content (AvgIpc) is 2.89. The van der Waals surface area contributed by atoms with Crippen LogP contribution in [0.1, 0.15) is 37.7 Å². The first-order chi connectivity index (χ1) is 17.6. The van der Waals surface area contributed by atoms with Crippen LogP contribution in [-0.4, -0.2) is 111 Å². The molecule has 12 heteroatoms. The zero-order valence-corrected chi connectivity index (χ0v) is 22.1. The van der Waals surface area contributed by atoms with E-state index in [2.05, 4.69) is 16.8 Å². The molecule has 0 bridgehead atoms. The topological polar surface area (TPSA) is 73.4 Å². The number of ether oxygens (including phenoxy) is 1.